The van der Waals surface area contributed by atoms with Gasteiger partial charge in [0.2, 0.25) is 0 Å². The molecule has 3 atom stereocenters. The van der Waals surface area contributed by atoms with Crippen molar-refractivity contribution in [2.24, 2.45) is 11.8 Å². The second kappa shape index (κ2) is 5.41. The van der Waals surface area contributed by atoms with Crippen LogP contribution in [0.5, 0.6) is 0 Å². The van der Waals surface area contributed by atoms with Crippen molar-refractivity contribution in [1.82, 2.24) is 0 Å². The number of esters is 1. The molecule has 0 aromatic carbocycles. The van der Waals surface area contributed by atoms with Gasteiger partial charge in [-0.2, -0.15) is 0 Å². The van der Waals surface area contributed by atoms with Crippen molar-refractivity contribution in [3.8, 4) is 0 Å². The van der Waals surface area contributed by atoms with Crippen LogP contribution in [-0.4, -0.2) is 23.9 Å². The third-order valence-corrected chi connectivity index (χ3v) is 4.36. The first kappa shape index (κ1) is 13.6. The van der Waals surface area contributed by atoms with Crippen molar-refractivity contribution in [3.05, 3.63) is 11.6 Å². The van der Waals surface area contributed by atoms with E-state index in [2.05, 4.69) is 4.89 Å². The number of ether oxygens (including phenoxy) is 1. The predicted octanol–water partition coefficient (Wildman–Crippen LogP) is 2.93. The van der Waals surface area contributed by atoms with Gasteiger partial charge in [0.25, 0.3) is 0 Å². The fourth-order valence-electron chi connectivity index (χ4n) is 3.29. The molecule has 0 saturated heterocycles. The van der Waals surface area contributed by atoms with Gasteiger partial charge in [0.15, 0.2) is 0 Å². The van der Waals surface area contributed by atoms with Crippen molar-refractivity contribution in [3.63, 3.8) is 0 Å². The van der Waals surface area contributed by atoms with E-state index in [1.807, 2.05) is 13.0 Å². The van der Waals surface area contributed by atoms with Crippen LogP contribution in [0.2, 0.25) is 0 Å². The number of allylic oxidation sites excluding steroid dienone is 1. The minimum atomic E-state index is -0.586. The molecular formula is C14H22O4. The summed E-state index contributed by atoms with van der Waals surface area (Å²) in [4.78, 5) is 16.1. The first-order chi connectivity index (χ1) is 8.58. The Morgan fingerprint density at radius 2 is 2.28 bits per heavy atom. The standard InChI is InChI=1S/C14H22O4/c1-14(18-16)7-6-10-4-3-5-11(12(10)9-14)8-13(15)17-2/h9-11,16H,3-8H2,1-2H3/t10-,11+,14+/m1/s1. The minimum absolute atomic E-state index is 0.154. The van der Waals surface area contributed by atoms with Crippen LogP contribution < -0.4 is 0 Å². The van der Waals surface area contributed by atoms with E-state index >= 15 is 0 Å². The molecule has 0 aromatic heterocycles. The maximum atomic E-state index is 11.5. The molecule has 1 fully saturated rings. The van der Waals surface area contributed by atoms with E-state index in [0.29, 0.717) is 12.3 Å². The number of rotatable bonds is 3. The molecule has 1 saturated carbocycles. The molecule has 1 N–H and O–H groups in total. The van der Waals surface area contributed by atoms with Crippen molar-refractivity contribution in [2.75, 3.05) is 7.11 Å². The van der Waals surface area contributed by atoms with Gasteiger partial charge in [-0.1, -0.05) is 18.1 Å². The normalized spacial score (nSPS) is 35.6. The van der Waals surface area contributed by atoms with Crippen LogP contribution in [0, 0.1) is 11.8 Å². The van der Waals surface area contributed by atoms with E-state index in [-0.39, 0.29) is 11.9 Å². The molecular weight excluding hydrogens is 232 g/mol. The van der Waals surface area contributed by atoms with Crippen LogP contribution in [0.1, 0.15) is 45.4 Å². The lowest BCUT2D eigenvalue weighted by Crippen LogP contribution is -2.35. The van der Waals surface area contributed by atoms with Gasteiger partial charge in [0, 0.05) is 0 Å². The first-order valence-electron chi connectivity index (χ1n) is 6.70. The van der Waals surface area contributed by atoms with Crippen molar-refractivity contribution >= 4 is 5.97 Å². The lowest BCUT2D eigenvalue weighted by atomic mass is 9.68. The number of hydrogen-bond acceptors (Lipinski definition) is 4. The third-order valence-electron chi connectivity index (χ3n) is 4.36. The Morgan fingerprint density at radius 1 is 1.50 bits per heavy atom. The van der Waals surface area contributed by atoms with Crippen molar-refractivity contribution in [2.45, 2.75) is 51.0 Å². The Morgan fingerprint density at radius 3 is 2.94 bits per heavy atom. The Kier molecular flexibility index (Phi) is 4.07. The molecule has 0 spiro atoms. The number of fused-ring (bicyclic) bond motifs is 1. The Labute approximate surface area is 108 Å². The lowest BCUT2D eigenvalue weighted by Gasteiger charge is -2.40. The molecule has 0 aromatic rings. The zero-order valence-electron chi connectivity index (χ0n) is 11.1. The van der Waals surface area contributed by atoms with Gasteiger partial charge in [-0.25, -0.2) is 4.89 Å². The van der Waals surface area contributed by atoms with E-state index in [1.165, 1.54) is 25.5 Å². The van der Waals surface area contributed by atoms with Gasteiger partial charge in [-0.15, -0.1) is 0 Å². The Balaban J connectivity index is 2.17. The molecule has 102 valence electrons. The molecule has 2 aliphatic carbocycles. The quantitative estimate of drug-likeness (QED) is 0.364. The number of carbonyl (C=O) groups is 1. The number of methoxy groups -OCH3 is 1. The van der Waals surface area contributed by atoms with E-state index in [0.717, 1.165) is 19.3 Å². The predicted molar refractivity (Wildman–Crippen MR) is 66.9 cm³/mol. The van der Waals surface area contributed by atoms with Crippen LogP contribution in [0.3, 0.4) is 0 Å². The molecule has 0 bridgehead atoms. The van der Waals surface area contributed by atoms with Crippen molar-refractivity contribution in [1.29, 1.82) is 0 Å². The van der Waals surface area contributed by atoms with Crippen LogP contribution in [-0.2, 0) is 14.4 Å². The van der Waals surface area contributed by atoms with Gasteiger partial charge in [0.1, 0.15) is 5.60 Å². The fraction of sp³-hybridized carbons (Fsp3) is 0.786. The van der Waals surface area contributed by atoms with Crippen LogP contribution in [0.15, 0.2) is 11.6 Å². The molecule has 2 aliphatic rings. The maximum absolute atomic E-state index is 11.5. The van der Waals surface area contributed by atoms with E-state index in [1.54, 1.807) is 0 Å². The summed E-state index contributed by atoms with van der Waals surface area (Å²) >= 11 is 0. The number of hydrogen-bond donors (Lipinski definition) is 1. The zero-order chi connectivity index (χ0) is 13.2. The van der Waals surface area contributed by atoms with Gasteiger partial charge < -0.3 is 4.74 Å². The maximum Gasteiger partial charge on any atom is 0.306 e. The van der Waals surface area contributed by atoms with E-state index in [9.17, 15) is 4.79 Å². The van der Waals surface area contributed by atoms with E-state index in [4.69, 9.17) is 9.99 Å². The molecule has 18 heavy (non-hydrogen) atoms. The highest BCUT2D eigenvalue weighted by atomic mass is 17.1. The molecule has 2 rings (SSSR count). The van der Waals surface area contributed by atoms with Crippen LogP contribution in [0.25, 0.3) is 0 Å². The van der Waals surface area contributed by atoms with Crippen LogP contribution >= 0.6 is 0 Å². The Bertz CT molecular complexity index is 350. The average molecular weight is 254 g/mol. The first-order valence-corrected chi connectivity index (χ1v) is 6.70. The highest BCUT2D eigenvalue weighted by Crippen LogP contribution is 2.44. The molecule has 0 aliphatic heterocycles. The molecule has 4 nitrogen and oxygen atoms in total. The fourth-order valence-corrected chi connectivity index (χ4v) is 3.29. The largest absolute Gasteiger partial charge is 0.469 e. The summed E-state index contributed by atoms with van der Waals surface area (Å²) < 4.78 is 4.76. The average Bonchev–Trinajstić information content (AvgIpc) is 2.39. The lowest BCUT2D eigenvalue weighted by molar-refractivity contribution is -0.306. The summed E-state index contributed by atoms with van der Waals surface area (Å²) in [6, 6.07) is 0. The summed E-state index contributed by atoms with van der Waals surface area (Å²) in [7, 11) is 1.43. The van der Waals surface area contributed by atoms with Gasteiger partial charge in [-0.05, 0) is 44.4 Å². The summed E-state index contributed by atoms with van der Waals surface area (Å²) in [5.74, 6) is 0.654. The molecule has 4 heteroatoms. The summed E-state index contributed by atoms with van der Waals surface area (Å²) in [6.07, 6.45) is 7.72. The molecule has 0 radical (unpaired) electrons. The molecule has 0 unspecified atom stereocenters. The second-order valence-electron chi connectivity index (χ2n) is 5.69. The van der Waals surface area contributed by atoms with Crippen molar-refractivity contribution < 1.29 is 19.7 Å². The zero-order valence-corrected chi connectivity index (χ0v) is 11.1. The highest BCUT2D eigenvalue weighted by molar-refractivity contribution is 5.70. The topological polar surface area (TPSA) is 55.8 Å². The second-order valence-corrected chi connectivity index (χ2v) is 5.69. The van der Waals surface area contributed by atoms with E-state index < -0.39 is 5.60 Å². The summed E-state index contributed by atoms with van der Waals surface area (Å²) in [6.45, 7) is 1.89. The Hall–Kier alpha value is -0.870. The van der Waals surface area contributed by atoms with Crippen LogP contribution in [0.4, 0.5) is 0 Å². The SMILES string of the molecule is COC(=O)C[C@@H]1CCC[C@@H]2CC[C@](C)(OO)C=C21. The highest BCUT2D eigenvalue weighted by Gasteiger charge is 2.37. The van der Waals surface area contributed by atoms with Gasteiger partial charge in [0.05, 0.1) is 13.5 Å². The minimum Gasteiger partial charge on any atom is -0.469 e. The van der Waals surface area contributed by atoms with Gasteiger partial charge >= 0.3 is 5.97 Å². The monoisotopic (exact) mass is 254 g/mol. The summed E-state index contributed by atoms with van der Waals surface area (Å²) in [5, 5.41) is 9.02. The molecule has 0 amide bonds. The molecule has 0 heterocycles. The number of carbonyl (C=O) groups excluding carboxylic acids is 1. The third kappa shape index (κ3) is 2.75. The van der Waals surface area contributed by atoms with Gasteiger partial charge in [-0.3, -0.25) is 10.1 Å². The summed E-state index contributed by atoms with van der Waals surface area (Å²) in [5.41, 5.74) is 0.701. The smallest absolute Gasteiger partial charge is 0.306 e.